The quantitative estimate of drug-likeness (QED) is 0.375. The molecular weight excluding hydrogens is 226 g/mol. The van der Waals surface area contributed by atoms with Crippen molar-refractivity contribution in [2.24, 2.45) is 10.7 Å². The van der Waals surface area contributed by atoms with E-state index in [1.165, 1.54) is 0 Å². The molecule has 0 bridgehead atoms. The highest BCUT2D eigenvalue weighted by Crippen LogP contribution is 2.24. The monoisotopic (exact) mass is 232 g/mol. The fraction of sp³-hybridized carbons (Fsp3) is 0.111. The molecule has 0 fully saturated rings. The second-order valence-electron chi connectivity index (χ2n) is 2.65. The number of nitrogens with two attached hydrogens (primary N) is 1. The molecule has 2 N–H and O–H groups in total. The van der Waals surface area contributed by atoms with Crippen molar-refractivity contribution < 1.29 is 13.6 Å². The fourth-order valence-corrected chi connectivity index (χ4v) is 0.997. The first-order valence-corrected chi connectivity index (χ1v) is 4.45. The van der Waals surface area contributed by atoms with Gasteiger partial charge in [0.05, 0.1) is 5.88 Å². The molecule has 0 spiro atoms. The molecule has 15 heavy (non-hydrogen) atoms. The van der Waals surface area contributed by atoms with Gasteiger partial charge in [-0.25, -0.2) is 13.8 Å². The van der Waals surface area contributed by atoms with Crippen LogP contribution >= 0.6 is 11.6 Å². The van der Waals surface area contributed by atoms with Crippen LogP contribution in [-0.4, -0.2) is 18.0 Å². The average molecular weight is 233 g/mol. The number of rotatable bonds is 3. The molecule has 0 unspecified atom stereocenters. The smallest absolute Gasteiger partial charge is 0.185 e. The number of nitrogens with zero attached hydrogens (tertiary/aromatic N) is 1. The number of hydrogen-bond acceptors (Lipinski definition) is 2. The molecule has 0 aliphatic carbocycles. The highest BCUT2D eigenvalue weighted by atomic mass is 35.5. The number of carbonyl (C=O) groups is 1. The maximum Gasteiger partial charge on any atom is 0.185 e. The first-order valence-electron chi connectivity index (χ1n) is 3.92. The van der Waals surface area contributed by atoms with Crippen molar-refractivity contribution in [2.45, 2.75) is 0 Å². The summed E-state index contributed by atoms with van der Waals surface area (Å²) < 4.78 is 26.0. The lowest BCUT2D eigenvalue weighted by atomic mass is 10.2. The zero-order chi connectivity index (χ0) is 11.4. The van der Waals surface area contributed by atoms with Crippen LogP contribution in [0.4, 0.5) is 14.5 Å². The molecule has 0 radical (unpaired) electrons. The minimum Gasteiger partial charge on any atom is -0.386 e. The molecule has 0 amide bonds. The molecule has 0 aliphatic heterocycles. The molecule has 1 aromatic carbocycles. The van der Waals surface area contributed by atoms with E-state index in [1.807, 2.05) is 0 Å². The molecule has 0 heterocycles. The number of benzene rings is 1. The van der Waals surface area contributed by atoms with Crippen LogP contribution in [-0.2, 0) is 0 Å². The molecule has 1 aromatic rings. The maximum absolute atomic E-state index is 13.2. The Morgan fingerprint density at radius 2 is 2.20 bits per heavy atom. The van der Waals surface area contributed by atoms with E-state index in [1.54, 1.807) is 0 Å². The maximum atomic E-state index is 13.2. The van der Waals surface area contributed by atoms with Gasteiger partial charge < -0.3 is 5.73 Å². The Balaban J connectivity index is 3.36. The van der Waals surface area contributed by atoms with E-state index in [-0.39, 0.29) is 17.3 Å². The van der Waals surface area contributed by atoms with Crippen molar-refractivity contribution in [1.82, 2.24) is 0 Å². The van der Waals surface area contributed by atoms with E-state index in [4.69, 9.17) is 17.3 Å². The highest BCUT2D eigenvalue weighted by molar-refractivity contribution is 6.28. The summed E-state index contributed by atoms with van der Waals surface area (Å²) in [6, 6.07) is 1.96. The predicted molar refractivity (Wildman–Crippen MR) is 53.7 cm³/mol. The van der Waals surface area contributed by atoms with Gasteiger partial charge in [-0.05, 0) is 12.1 Å². The third-order valence-corrected chi connectivity index (χ3v) is 1.89. The van der Waals surface area contributed by atoms with Crippen molar-refractivity contribution in [3.8, 4) is 0 Å². The molecule has 0 saturated heterocycles. The third-order valence-electron chi connectivity index (χ3n) is 1.62. The topological polar surface area (TPSA) is 55.4 Å². The lowest BCUT2D eigenvalue weighted by Crippen LogP contribution is -2.12. The van der Waals surface area contributed by atoms with E-state index in [2.05, 4.69) is 4.99 Å². The lowest BCUT2D eigenvalue weighted by molar-refractivity contribution is 0.112. The van der Waals surface area contributed by atoms with Crippen LogP contribution in [0.5, 0.6) is 0 Å². The second kappa shape index (κ2) is 4.84. The van der Waals surface area contributed by atoms with E-state index in [0.29, 0.717) is 6.29 Å². The number of amidine groups is 1. The number of aldehydes is 1. The molecule has 0 aliphatic rings. The molecule has 0 aromatic heterocycles. The summed E-state index contributed by atoms with van der Waals surface area (Å²) in [5, 5.41) is 0. The third kappa shape index (κ3) is 2.50. The van der Waals surface area contributed by atoms with E-state index in [0.717, 1.165) is 12.1 Å². The number of alkyl halides is 1. The van der Waals surface area contributed by atoms with Crippen LogP contribution in [0.1, 0.15) is 10.4 Å². The summed E-state index contributed by atoms with van der Waals surface area (Å²) in [5.74, 6) is -2.53. The Labute approximate surface area is 89.6 Å². The van der Waals surface area contributed by atoms with Crippen LogP contribution in [0.2, 0.25) is 0 Å². The summed E-state index contributed by atoms with van der Waals surface area (Å²) >= 11 is 5.33. The summed E-state index contributed by atoms with van der Waals surface area (Å²) in [6.07, 6.45) is 0.364. The van der Waals surface area contributed by atoms with Crippen molar-refractivity contribution in [2.75, 3.05) is 5.88 Å². The number of aliphatic imine (C=N–C) groups is 1. The number of carbonyl (C=O) groups excluding carboxylic acids is 1. The van der Waals surface area contributed by atoms with Gasteiger partial charge in [-0.2, -0.15) is 0 Å². The molecule has 1 rings (SSSR count). The Bertz CT molecular complexity index is 421. The van der Waals surface area contributed by atoms with Gasteiger partial charge in [0, 0.05) is 5.56 Å². The minimum absolute atomic E-state index is 0.0815. The molecule has 3 nitrogen and oxygen atoms in total. The van der Waals surface area contributed by atoms with Gasteiger partial charge in [-0.3, -0.25) is 4.79 Å². The Morgan fingerprint density at radius 3 is 2.73 bits per heavy atom. The molecule has 0 atom stereocenters. The van der Waals surface area contributed by atoms with Crippen LogP contribution in [0.3, 0.4) is 0 Å². The van der Waals surface area contributed by atoms with Crippen LogP contribution in [0, 0.1) is 11.6 Å². The van der Waals surface area contributed by atoms with Gasteiger partial charge in [-0.1, -0.05) is 0 Å². The van der Waals surface area contributed by atoms with Gasteiger partial charge in [-0.15, -0.1) is 11.6 Å². The number of halogens is 3. The molecule has 80 valence electrons. The van der Waals surface area contributed by atoms with Gasteiger partial charge in [0.15, 0.2) is 17.9 Å². The Kier molecular flexibility index (Phi) is 3.74. The Morgan fingerprint density at radius 1 is 1.53 bits per heavy atom. The zero-order valence-corrected chi connectivity index (χ0v) is 8.26. The molecule has 6 heteroatoms. The second-order valence-corrected chi connectivity index (χ2v) is 2.92. The zero-order valence-electron chi connectivity index (χ0n) is 7.51. The molecular formula is C9H7ClF2N2O. The standard InChI is InChI=1S/C9H7ClF2N2O/c10-3-7(13)14-9-5(4-15)1-2-6(11)8(9)12/h1-2,4H,3H2,(H2,13,14). The van der Waals surface area contributed by atoms with Crippen LogP contribution < -0.4 is 5.73 Å². The predicted octanol–water partition coefficient (Wildman–Crippen LogP) is 2.00. The summed E-state index contributed by atoms with van der Waals surface area (Å²) in [5.41, 5.74) is 4.75. The average Bonchev–Trinajstić information content (AvgIpc) is 2.25. The molecule has 0 saturated carbocycles. The van der Waals surface area contributed by atoms with Crippen LogP contribution in [0.25, 0.3) is 0 Å². The largest absolute Gasteiger partial charge is 0.386 e. The van der Waals surface area contributed by atoms with Crippen molar-refractivity contribution in [3.05, 3.63) is 29.3 Å². The highest BCUT2D eigenvalue weighted by Gasteiger charge is 2.12. The first-order chi connectivity index (χ1) is 7.10. The minimum atomic E-state index is -1.22. The fourth-order valence-electron chi connectivity index (χ4n) is 0.937. The van der Waals surface area contributed by atoms with Crippen molar-refractivity contribution >= 4 is 29.4 Å². The SMILES string of the molecule is NC(CCl)=Nc1c(C=O)ccc(F)c1F. The lowest BCUT2D eigenvalue weighted by Gasteiger charge is -2.02. The summed E-state index contributed by atoms with van der Waals surface area (Å²) in [6.45, 7) is 0. The Hall–Kier alpha value is -1.49. The summed E-state index contributed by atoms with van der Waals surface area (Å²) in [4.78, 5) is 14.1. The normalized spacial score (nSPS) is 11.5. The van der Waals surface area contributed by atoms with Crippen molar-refractivity contribution in [1.29, 1.82) is 0 Å². The van der Waals surface area contributed by atoms with Crippen LogP contribution in [0.15, 0.2) is 17.1 Å². The van der Waals surface area contributed by atoms with Gasteiger partial charge in [0.2, 0.25) is 0 Å². The van der Waals surface area contributed by atoms with Gasteiger partial charge >= 0.3 is 0 Å². The first kappa shape index (κ1) is 11.6. The summed E-state index contributed by atoms with van der Waals surface area (Å²) in [7, 11) is 0. The van der Waals surface area contributed by atoms with Crippen molar-refractivity contribution in [3.63, 3.8) is 0 Å². The van der Waals surface area contributed by atoms with E-state index >= 15 is 0 Å². The van der Waals surface area contributed by atoms with E-state index < -0.39 is 17.3 Å². The van der Waals surface area contributed by atoms with Gasteiger partial charge in [0.1, 0.15) is 11.5 Å². The number of hydrogen-bond donors (Lipinski definition) is 1. The van der Waals surface area contributed by atoms with E-state index in [9.17, 15) is 13.6 Å². The van der Waals surface area contributed by atoms with Gasteiger partial charge in [0.25, 0.3) is 0 Å².